The molecule has 0 saturated carbocycles. The molecule has 0 saturated heterocycles. The highest BCUT2D eigenvalue weighted by Crippen LogP contribution is 2.44. The van der Waals surface area contributed by atoms with Gasteiger partial charge in [-0.3, -0.25) is 4.79 Å². The second-order valence-electron chi connectivity index (χ2n) is 4.32. The highest BCUT2D eigenvalue weighted by Gasteiger charge is 2.23. The predicted octanol–water partition coefficient (Wildman–Crippen LogP) is 3.26. The van der Waals surface area contributed by atoms with Gasteiger partial charge in [0.15, 0.2) is 11.5 Å². The van der Waals surface area contributed by atoms with Crippen LogP contribution in [0.1, 0.15) is 10.4 Å². The number of pyridine rings is 1. The summed E-state index contributed by atoms with van der Waals surface area (Å²) in [6.07, 6.45) is 1.01. The fourth-order valence-corrected chi connectivity index (χ4v) is 2.56. The zero-order valence-electron chi connectivity index (χ0n) is 12.6. The molecule has 2 aromatic rings. The number of ether oxygens (including phenoxy) is 3. The van der Waals surface area contributed by atoms with Crippen LogP contribution in [0, 0.1) is 5.82 Å². The summed E-state index contributed by atoms with van der Waals surface area (Å²) in [4.78, 5) is 16.2. The molecule has 0 atom stereocenters. The first-order valence-electron chi connectivity index (χ1n) is 6.43. The Morgan fingerprint density at radius 3 is 2.39 bits per heavy atom. The quantitative estimate of drug-likeness (QED) is 0.856. The van der Waals surface area contributed by atoms with Crippen molar-refractivity contribution in [1.29, 1.82) is 0 Å². The molecule has 8 heteroatoms. The van der Waals surface area contributed by atoms with Gasteiger partial charge >= 0.3 is 0 Å². The van der Waals surface area contributed by atoms with Crippen LogP contribution in [0.4, 0.5) is 10.2 Å². The van der Waals surface area contributed by atoms with E-state index in [1.165, 1.54) is 39.5 Å². The third kappa shape index (κ3) is 3.53. The molecule has 0 spiro atoms. The van der Waals surface area contributed by atoms with E-state index in [-0.39, 0.29) is 11.4 Å². The van der Waals surface area contributed by atoms with Gasteiger partial charge in [-0.25, -0.2) is 9.37 Å². The normalized spacial score (nSPS) is 10.1. The van der Waals surface area contributed by atoms with E-state index in [9.17, 15) is 9.18 Å². The summed E-state index contributed by atoms with van der Waals surface area (Å²) in [5, 5.41) is 2.57. The van der Waals surface area contributed by atoms with Crippen LogP contribution in [0.25, 0.3) is 0 Å². The van der Waals surface area contributed by atoms with Gasteiger partial charge in [-0.05, 0) is 34.1 Å². The Kier molecular flexibility index (Phi) is 5.38. The number of rotatable bonds is 5. The van der Waals surface area contributed by atoms with Gasteiger partial charge in [0, 0.05) is 0 Å². The average molecular weight is 385 g/mol. The van der Waals surface area contributed by atoms with Crippen molar-refractivity contribution in [3.05, 3.63) is 40.2 Å². The van der Waals surface area contributed by atoms with Gasteiger partial charge in [-0.1, -0.05) is 0 Å². The topological polar surface area (TPSA) is 69.7 Å². The lowest BCUT2D eigenvalue weighted by atomic mass is 10.1. The van der Waals surface area contributed by atoms with E-state index in [1.807, 2.05) is 0 Å². The van der Waals surface area contributed by atoms with Crippen molar-refractivity contribution < 1.29 is 23.4 Å². The molecular formula is C15H14BrFN2O4. The van der Waals surface area contributed by atoms with Crippen molar-refractivity contribution in [2.45, 2.75) is 0 Å². The molecule has 0 aliphatic carbocycles. The summed E-state index contributed by atoms with van der Waals surface area (Å²) in [6, 6.07) is 4.07. The maximum absolute atomic E-state index is 12.9. The molecule has 1 amide bonds. The molecule has 0 bridgehead atoms. The number of anilines is 1. The summed E-state index contributed by atoms with van der Waals surface area (Å²) in [5.41, 5.74) is 0.255. The third-order valence-corrected chi connectivity index (χ3v) is 3.77. The Hall–Kier alpha value is -2.35. The minimum atomic E-state index is -0.489. The molecule has 1 heterocycles. The van der Waals surface area contributed by atoms with Gasteiger partial charge in [-0.15, -0.1) is 0 Å². The lowest BCUT2D eigenvalue weighted by Gasteiger charge is -2.16. The van der Waals surface area contributed by atoms with Crippen molar-refractivity contribution in [3.8, 4) is 17.2 Å². The first kappa shape index (κ1) is 17.0. The smallest absolute Gasteiger partial charge is 0.258 e. The van der Waals surface area contributed by atoms with E-state index in [0.29, 0.717) is 21.7 Å². The van der Waals surface area contributed by atoms with E-state index < -0.39 is 11.7 Å². The van der Waals surface area contributed by atoms with Crippen molar-refractivity contribution in [1.82, 2.24) is 4.98 Å². The largest absolute Gasteiger partial charge is 0.493 e. The maximum Gasteiger partial charge on any atom is 0.258 e. The number of hydrogen-bond donors (Lipinski definition) is 1. The van der Waals surface area contributed by atoms with E-state index in [0.717, 1.165) is 6.20 Å². The number of aromatic nitrogens is 1. The molecule has 6 nitrogen and oxygen atoms in total. The number of halogens is 2. The van der Waals surface area contributed by atoms with Crippen LogP contribution in [0.5, 0.6) is 17.2 Å². The Bertz CT molecular complexity index is 722. The van der Waals surface area contributed by atoms with Crippen molar-refractivity contribution in [2.24, 2.45) is 0 Å². The molecule has 2 rings (SSSR count). The lowest BCUT2D eigenvalue weighted by Crippen LogP contribution is -2.14. The molecule has 0 fully saturated rings. The summed E-state index contributed by atoms with van der Waals surface area (Å²) < 4.78 is 29.0. The van der Waals surface area contributed by atoms with Gasteiger partial charge < -0.3 is 19.5 Å². The summed E-state index contributed by atoms with van der Waals surface area (Å²) in [5.74, 6) is 0.288. The van der Waals surface area contributed by atoms with Crippen molar-refractivity contribution in [2.75, 3.05) is 26.6 Å². The first-order chi connectivity index (χ1) is 11.0. The van der Waals surface area contributed by atoms with E-state index >= 15 is 0 Å². The van der Waals surface area contributed by atoms with Crippen molar-refractivity contribution in [3.63, 3.8) is 0 Å². The number of carbonyl (C=O) groups excluding carboxylic acids is 1. The zero-order valence-corrected chi connectivity index (χ0v) is 14.2. The molecule has 1 aromatic carbocycles. The molecule has 0 aliphatic heterocycles. The van der Waals surface area contributed by atoms with Crippen LogP contribution in [-0.4, -0.2) is 32.2 Å². The van der Waals surface area contributed by atoms with Gasteiger partial charge in [0.05, 0.1) is 37.6 Å². The second kappa shape index (κ2) is 7.28. The van der Waals surface area contributed by atoms with E-state index in [2.05, 4.69) is 26.2 Å². The lowest BCUT2D eigenvalue weighted by molar-refractivity contribution is 0.102. The molecule has 122 valence electrons. The maximum atomic E-state index is 12.9. The number of nitrogens with one attached hydrogen (secondary N) is 1. The summed E-state index contributed by atoms with van der Waals surface area (Å²) in [6.45, 7) is 0. The third-order valence-electron chi connectivity index (χ3n) is 2.98. The van der Waals surface area contributed by atoms with Crippen molar-refractivity contribution >= 4 is 27.7 Å². The Balaban J connectivity index is 2.41. The predicted molar refractivity (Wildman–Crippen MR) is 85.9 cm³/mol. The van der Waals surface area contributed by atoms with Gasteiger partial charge in [0.25, 0.3) is 5.91 Å². The van der Waals surface area contributed by atoms with Gasteiger partial charge in [0.2, 0.25) is 5.75 Å². The van der Waals surface area contributed by atoms with Crippen LogP contribution in [0.15, 0.2) is 28.9 Å². The molecule has 0 unspecified atom stereocenters. The second-order valence-corrected chi connectivity index (χ2v) is 5.12. The molecule has 0 radical (unpaired) electrons. The average Bonchev–Trinajstić information content (AvgIpc) is 2.56. The van der Waals surface area contributed by atoms with Crippen LogP contribution in [0.3, 0.4) is 0 Å². The molecule has 1 aromatic heterocycles. The number of methoxy groups -OCH3 is 3. The van der Waals surface area contributed by atoms with Gasteiger partial charge in [0.1, 0.15) is 11.6 Å². The molecule has 1 N–H and O–H groups in total. The van der Waals surface area contributed by atoms with Crippen LogP contribution >= 0.6 is 15.9 Å². The SMILES string of the molecule is COc1cc(C(=O)Nc2ccc(F)cn2)c(Br)c(OC)c1OC. The molecular weight excluding hydrogens is 371 g/mol. The zero-order chi connectivity index (χ0) is 17.0. The standard InChI is InChI=1S/C15H14BrFN2O4/c1-21-10-6-9(12(16)14(23-3)13(10)22-2)15(20)19-11-5-4-8(17)7-18-11/h4-7H,1-3H3,(H,18,19,20). The van der Waals surface area contributed by atoms with Gasteiger partial charge in [-0.2, -0.15) is 0 Å². The number of hydrogen-bond acceptors (Lipinski definition) is 5. The minimum Gasteiger partial charge on any atom is -0.493 e. The monoisotopic (exact) mass is 384 g/mol. The Morgan fingerprint density at radius 2 is 1.87 bits per heavy atom. The summed E-state index contributed by atoms with van der Waals surface area (Å²) >= 11 is 3.32. The Labute approximate surface area is 140 Å². The minimum absolute atomic E-state index is 0.219. The molecule has 0 aliphatic rings. The molecule has 23 heavy (non-hydrogen) atoms. The van der Waals surface area contributed by atoms with Crippen LogP contribution in [-0.2, 0) is 0 Å². The highest BCUT2D eigenvalue weighted by molar-refractivity contribution is 9.10. The number of amides is 1. The first-order valence-corrected chi connectivity index (χ1v) is 7.22. The van der Waals surface area contributed by atoms with E-state index in [4.69, 9.17) is 14.2 Å². The number of nitrogens with zero attached hydrogens (tertiary/aromatic N) is 1. The fraction of sp³-hybridized carbons (Fsp3) is 0.200. The fourth-order valence-electron chi connectivity index (χ4n) is 1.92. The number of carbonyl (C=O) groups is 1. The number of benzene rings is 1. The summed E-state index contributed by atoms with van der Waals surface area (Å²) in [7, 11) is 4.37. The highest BCUT2D eigenvalue weighted by atomic mass is 79.9. The van der Waals surface area contributed by atoms with E-state index in [1.54, 1.807) is 0 Å². The van der Waals surface area contributed by atoms with Crippen LogP contribution in [0.2, 0.25) is 0 Å². The Morgan fingerprint density at radius 1 is 1.17 bits per heavy atom. The van der Waals surface area contributed by atoms with Crippen LogP contribution < -0.4 is 19.5 Å².